The van der Waals surface area contributed by atoms with Crippen molar-refractivity contribution in [3.63, 3.8) is 0 Å². The highest BCUT2D eigenvalue weighted by Gasteiger charge is 2.34. The molecular weight excluding hydrogens is 156 g/mol. The van der Waals surface area contributed by atoms with Crippen molar-refractivity contribution in [1.82, 2.24) is 4.72 Å². The molecule has 2 nitrogen and oxygen atoms in total. The SMILES string of the molecule is O=S1SNC(F)C1F. The number of rotatable bonds is 0. The highest BCUT2D eigenvalue weighted by Crippen LogP contribution is 2.23. The van der Waals surface area contributed by atoms with Crippen LogP contribution in [0, 0.1) is 0 Å². The summed E-state index contributed by atoms with van der Waals surface area (Å²) in [6, 6.07) is 0. The largest absolute Gasteiger partial charge is 0.243 e. The van der Waals surface area contributed by atoms with Gasteiger partial charge in [-0.25, -0.2) is 17.7 Å². The van der Waals surface area contributed by atoms with E-state index in [1.165, 1.54) is 0 Å². The van der Waals surface area contributed by atoms with Crippen molar-refractivity contribution in [2.75, 3.05) is 0 Å². The van der Waals surface area contributed by atoms with Crippen molar-refractivity contribution in [2.24, 2.45) is 0 Å². The van der Waals surface area contributed by atoms with Gasteiger partial charge in [0, 0.05) is 11.0 Å². The number of nitrogens with one attached hydrogen (secondary N) is 1. The van der Waals surface area contributed by atoms with Crippen molar-refractivity contribution in [3.05, 3.63) is 0 Å². The Morgan fingerprint density at radius 3 is 2.38 bits per heavy atom. The molecule has 0 aromatic rings. The lowest BCUT2D eigenvalue weighted by Gasteiger charge is -1.94. The van der Waals surface area contributed by atoms with E-state index in [2.05, 4.69) is 0 Å². The van der Waals surface area contributed by atoms with E-state index in [1.54, 1.807) is 0 Å². The summed E-state index contributed by atoms with van der Waals surface area (Å²) in [5.41, 5.74) is -1.86. The highest BCUT2D eigenvalue weighted by molar-refractivity contribution is 8.69. The molecule has 6 heteroatoms. The van der Waals surface area contributed by atoms with Gasteiger partial charge in [0.05, 0.1) is 0 Å². The first kappa shape index (κ1) is 6.44. The Kier molecular flexibility index (Phi) is 1.84. The van der Waals surface area contributed by atoms with Gasteiger partial charge in [-0.3, -0.25) is 0 Å². The molecule has 0 aromatic heterocycles. The smallest absolute Gasteiger partial charge is 0.231 e. The van der Waals surface area contributed by atoms with Gasteiger partial charge in [0.15, 0.2) is 0 Å². The van der Waals surface area contributed by atoms with Crippen LogP contribution in [0.2, 0.25) is 0 Å². The van der Waals surface area contributed by atoms with Crippen LogP contribution in [0.3, 0.4) is 0 Å². The van der Waals surface area contributed by atoms with Crippen LogP contribution in [0.15, 0.2) is 0 Å². The predicted octanol–water partition coefficient (Wildman–Crippen LogP) is 0.493. The number of hydrogen-bond donors (Lipinski definition) is 1. The van der Waals surface area contributed by atoms with Crippen molar-refractivity contribution in [1.29, 1.82) is 0 Å². The molecule has 3 unspecified atom stereocenters. The number of alkyl halides is 2. The molecule has 1 aliphatic heterocycles. The normalized spacial score (nSPS) is 47.5. The minimum Gasteiger partial charge on any atom is -0.243 e. The third-order valence-electron chi connectivity index (χ3n) is 0.657. The average molecular weight is 159 g/mol. The molecule has 0 amide bonds. The first-order chi connectivity index (χ1) is 3.72. The third kappa shape index (κ3) is 1.01. The maximum Gasteiger partial charge on any atom is 0.231 e. The van der Waals surface area contributed by atoms with E-state index in [4.69, 9.17) is 0 Å². The lowest BCUT2D eigenvalue weighted by atomic mass is 10.7. The fraction of sp³-hybridized carbons (Fsp3) is 1.00. The van der Waals surface area contributed by atoms with Crippen LogP contribution < -0.4 is 4.72 Å². The molecule has 48 valence electrons. The van der Waals surface area contributed by atoms with E-state index in [-0.39, 0.29) is 0 Å². The lowest BCUT2D eigenvalue weighted by molar-refractivity contribution is 0.229. The lowest BCUT2D eigenvalue weighted by Crippen LogP contribution is -2.20. The van der Waals surface area contributed by atoms with Crippen LogP contribution in [0.4, 0.5) is 8.78 Å². The van der Waals surface area contributed by atoms with E-state index >= 15 is 0 Å². The zero-order valence-electron chi connectivity index (χ0n) is 3.64. The molecule has 3 atom stereocenters. The van der Waals surface area contributed by atoms with Crippen LogP contribution >= 0.6 is 11.0 Å². The van der Waals surface area contributed by atoms with Gasteiger partial charge in [-0.15, -0.1) is 0 Å². The highest BCUT2D eigenvalue weighted by atomic mass is 33.1. The van der Waals surface area contributed by atoms with Gasteiger partial charge in [-0.05, 0) is 0 Å². The van der Waals surface area contributed by atoms with Crippen LogP contribution in [0.25, 0.3) is 0 Å². The molecule has 1 heterocycles. The van der Waals surface area contributed by atoms with Gasteiger partial charge < -0.3 is 0 Å². The van der Waals surface area contributed by atoms with Gasteiger partial charge >= 0.3 is 0 Å². The average Bonchev–Trinajstić information content (AvgIpc) is 1.98. The molecule has 0 radical (unpaired) electrons. The van der Waals surface area contributed by atoms with Gasteiger partial charge in [-0.1, -0.05) is 0 Å². The van der Waals surface area contributed by atoms with E-state index < -0.39 is 21.6 Å². The minimum absolute atomic E-state index is 0.586. The Hall–Kier alpha value is 0.320. The number of halogens is 2. The molecule has 1 fully saturated rings. The first-order valence-electron chi connectivity index (χ1n) is 1.83. The maximum atomic E-state index is 12.0. The van der Waals surface area contributed by atoms with Gasteiger partial charge in [0.25, 0.3) is 0 Å². The molecular formula is C2H3F2NOS2. The maximum absolute atomic E-state index is 12.0. The Bertz CT molecular complexity index is 121. The van der Waals surface area contributed by atoms with Crippen molar-refractivity contribution < 1.29 is 13.0 Å². The molecule has 0 spiro atoms. The molecule has 0 aliphatic carbocycles. The topological polar surface area (TPSA) is 29.1 Å². The van der Waals surface area contributed by atoms with Crippen LogP contribution in [-0.2, 0) is 9.83 Å². The molecule has 1 rings (SSSR count). The van der Waals surface area contributed by atoms with Crippen LogP contribution in [0.1, 0.15) is 0 Å². The summed E-state index contributed by atoms with van der Waals surface area (Å²) in [6.45, 7) is 0. The molecule has 1 saturated heterocycles. The standard InChI is InChI=1S/C2H3F2NOS2/c3-1-2(4)8(6)7-5-1/h1-2,5H. The van der Waals surface area contributed by atoms with E-state index in [0.717, 1.165) is 0 Å². The van der Waals surface area contributed by atoms with Gasteiger partial charge in [-0.2, -0.15) is 0 Å². The van der Waals surface area contributed by atoms with Gasteiger partial charge in [0.1, 0.15) is 9.83 Å². The molecule has 0 saturated carbocycles. The Balaban J connectivity index is 2.56. The zero-order valence-corrected chi connectivity index (χ0v) is 5.27. The fourth-order valence-corrected chi connectivity index (χ4v) is 2.17. The summed E-state index contributed by atoms with van der Waals surface area (Å²) < 4.78 is 36.0. The number of hydrogen-bond acceptors (Lipinski definition) is 3. The van der Waals surface area contributed by atoms with E-state index in [1.807, 2.05) is 4.72 Å². The van der Waals surface area contributed by atoms with Crippen LogP contribution in [0.5, 0.6) is 0 Å². The fourth-order valence-electron chi connectivity index (χ4n) is 0.290. The first-order valence-corrected chi connectivity index (χ1v) is 4.38. The summed E-state index contributed by atoms with van der Waals surface area (Å²) >= 11 is 0. The Morgan fingerprint density at radius 1 is 1.62 bits per heavy atom. The van der Waals surface area contributed by atoms with Crippen molar-refractivity contribution in [3.8, 4) is 0 Å². The second kappa shape index (κ2) is 2.28. The zero-order chi connectivity index (χ0) is 6.15. The Morgan fingerprint density at radius 2 is 2.25 bits per heavy atom. The molecule has 0 bridgehead atoms. The minimum atomic E-state index is -1.86. The molecule has 1 aliphatic rings. The second-order valence-electron chi connectivity index (χ2n) is 1.21. The van der Waals surface area contributed by atoms with E-state index in [9.17, 15) is 13.0 Å². The molecule has 8 heavy (non-hydrogen) atoms. The summed E-state index contributed by atoms with van der Waals surface area (Å²) in [7, 11) is -1.15. The van der Waals surface area contributed by atoms with Gasteiger partial charge in [0.2, 0.25) is 11.8 Å². The third-order valence-corrected chi connectivity index (χ3v) is 3.08. The molecule has 0 aromatic carbocycles. The van der Waals surface area contributed by atoms with E-state index in [0.29, 0.717) is 11.0 Å². The second-order valence-corrected chi connectivity index (χ2v) is 4.07. The van der Waals surface area contributed by atoms with Crippen LogP contribution in [-0.4, -0.2) is 16.0 Å². The Labute approximate surface area is 51.0 Å². The summed E-state index contributed by atoms with van der Waals surface area (Å²) in [5, 5.41) is 0. The predicted molar refractivity (Wildman–Crippen MR) is 28.7 cm³/mol. The van der Waals surface area contributed by atoms with Crippen molar-refractivity contribution in [2.45, 2.75) is 11.8 Å². The van der Waals surface area contributed by atoms with Crippen molar-refractivity contribution >= 4 is 20.8 Å². The summed E-state index contributed by atoms with van der Waals surface area (Å²) in [5.74, 6) is 0. The monoisotopic (exact) mass is 159 g/mol. The molecule has 1 N–H and O–H groups in total. The summed E-state index contributed by atoms with van der Waals surface area (Å²) in [6.07, 6.45) is -1.76. The quantitative estimate of drug-likeness (QED) is 0.317. The summed E-state index contributed by atoms with van der Waals surface area (Å²) in [4.78, 5) is 0.